The van der Waals surface area contributed by atoms with E-state index in [9.17, 15) is 14.5 Å². The Kier molecular flexibility index (Phi) is 3.29. The highest BCUT2D eigenvalue weighted by atomic mass is 19.1. The smallest absolute Gasteiger partial charge is 0.311 e. The van der Waals surface area contributed by atoms with Gasteiger partial charge in [-0.25, -0.2) is 9.37 Å². The van der Waals surface area contributed by atoms with Crippen LogP contribution in [0.4, 0.5) is 15.9 Å². The molecule has 1 aliphatic carbocycles. The lowest BCUT2D eigenvalue weighted by molar-refractivity contribution is -0.384. The Labute approximate surface area is 120 Å². The third-order valence-corrected chi connectivity index (χ3v) is 3.93. The molecule has 1 unspecified atom stereocenters. The molecule has 0 amide bonds. The number of nitrogen functional groups attached to an aromatic ring is 1. The lowest BCUT2D eigenvalue weighted by Crippen LogP contribution is -2.16. The van der Waals surface area contributed by atoms with Crippen LogP contribution >= 0.6 is 0 Å². The number of rotatable bonds is 2. The lowest BCUT2D eigenvalue weighted by Gasteiger charge is -2.24. The minimum atomic E-state index is -0.510. The van der Waals surface area contributed by atoms with Gasteiger partial charge in [-0.05, 0) is 48.4 Å². The Morgan fingerprint density at radius 2 is 2.05 bits per heavy atom. The van der Waals surface area contributed by atoms with Crippen LogP contribution in [0.15, 0.2) is 30.3 Å². The number of aromatic nitrogens is 1. The molecule has 0 fully saturated rings. The third-order valence-electron chi connectivity index (χ3n) is 3.93. The molecule has 2 N–H and O–H groups in total. The second kappa shape index (κ2) is 5.12. The minimum absolute atomic E-state index is 0.0287. The molecule has 108 valence electrons. The number of hydrogen-bond acceptors (Lipinski definition) is 4. The summed E-state index contributed by atoms with van der Waals surface area (Å²) in [5, 5.41) is 10.9. The van der Waals surface area contributed by atoms with Gasteiger partial charge >= 0.3 is 5.69 Å². The SMILES string of the molecule is Nc1nc2c(cc1[N+](=O)[O-])CC(c1ccc(F)cc1)CC2. The molecule has 0 radical (unpaired) electrons. The first-order chi connectivity index (χ1) is 10.0. The number of fused-ring (bicyclic) bond motifs is 1. The summed E-state index contributed by atoms with van der Waals surface area (Å²) >= 11 is 0. The van der Waals surface area contributed by atoms with Gasteiger partial charge in [-0.2, -0.15) is 0 Å². The molecule has 0 bridgehead atoms. The molecule has 0 saturated heterocycles. The van der Waals surface area contributed by atoms with Crippen molar-refractivity contribution in [1.29, 1.82) is 0 Å². The van der Waals surface area contributed by atoms with Gasteiger partial charge in [0.25, 0.3) is 0 Å². The first kappa shape index (κ1) is 13.5. The van der Waals surface area contributed by atoms with Crippen LogP contribution in [0.3, 0.4) is 0 Å². The van der Waals surface area contributed by atoms with E-state index in [0.29, 0.717) is 6.42 Å². The van der Waals surface area contributed by atoms with Gasteiger partial charge in [-0.3, -0.25) is 10.1 Å². The maximum Gasteiger partial charge on any atom is 0.311 e. The summed E-state index contributed by atoms with van der Waals surface area (Å²) in [4.78, 5) is 14.6. The van der Waals surface area contributed by atoms with E-state index in [0.717, 1.165) is 29.7 Å². The van der Waals surface area contributed by atoms with E-state index in [1.165, 1.54) is 18.2 Å². The highest BCUT2D eigenvalue weighted by Crippen LogP contribution is 2.34. The van der Waals surface area contributed by atoms with Gasteiger partial charge in [-0.1, -0.05) is 12.1 Å². The van der Waals surface area contributed by atoms with Crippen LogP contribution in [0, 0.1) is 15.9 Å². The normalized spacial score (nSPS) is 17.3. The highest BCUT2D eigenvalue weighted by Gasteiger charge is 2.25. The summed E-state index contributed by atoms with van der Waals surface area (Å²) in [5.74, 6) is -0.0675. The topological polar surface area (TPSA) is 82.0 Å². The van der Waals surface area contributed by atoms with Crippen LogP contribution in [0.5, 0.6) is 0 Å². The average molecular weight is 287 g/mol. The zero-order valence-electron chi connectivity index (χ0n) is 11.3. The number of benzene rings is 1. The van der Waals surface area contributed by atoms with Crippen LogP contribution in [0.1, 0.15) is 29.2 Å². The molecule has 1 heterocycles. The molecule has 2 aromatic rings. The number of halogens is 1. The zero-order valence-corrected chi connectivity index (χ0v) is 11.3. The first-order valence-corrected chi connectivity index (χ1v) is 6.72. The third kappa shape index (κ3) is 2.56. The van der Waals surface area contributed by atoms with Crippen molar-refractivity contribution < 1.29 is 9.31 Å². The van der Waals surface area contributed by atoms with Gasteiger partial charge in [0.1, 0.15) is 5.82 Å². The number of nitrogens with zero attached hydrogens (tertiary/aromatic N) is 2. The maximum absolute atomic E-state index is 13.0. The zero-order chi connectivity index (χ0) is 15.0. The van der Waals surface area contributed by atoms with Gasteiger partial charge in [0.2, 0.25) is 5.82 Å². The Bertz CT molecular complexity index is 701. The lowest BCUT2D eigenvalue weighted by atomic mass is 9.82. The van der Waals surface area contributed by atoms with Crippen molar-refractivity contribution in [3.05, 3.63) is 63.1 Å². The van der Waals surface area contributed by atoms with Crippen molar-refractivity contribution in [2.45, 2.75) is 25.2 Å². The summed E-state index contributed by atoms with van der Waals surface area (Å²) < 4.78 is 13.0. The molecular weight excluding hydrogens is 273 g/mol. The molecule has 1 aromatic carbocycles. The minimum Gasteiger partial charge on any atom is -0.378 e. The van der Waals surface area contributed by atoms with E-state index in [-0.39, 0.29) is 23.2 Å². The average Bonchev–Trinajstić information content (AvgIpc) is 2.46. The fraction of sp³-hybridized carbons (Fsp3) is 0.267. The number of nitrogens with two attached hydrogens (primary N) is 1. The van der Waals surface area contributed by atoms with Gasteiger partial charge in [-0.15, -0.1) is 0 Å². The van der Waals surface area contributed by atoms with Crippen molar-refractivity contribution in [1.82, 2.24) is 4.98 Å². The van der Waals surface area contributed by atoms with Crippen molar-refractivity contribution in [2.75, 3.05) is 5.73 Å². The second-order valence-electron chi connectivity index (χ2n) is 5.25. The molecule has 0 saturated carbocycles. The van der Waals surface area contributed by atoms with Gasteiger partial charge in [0, 0.05) is 11.8 Å². The van der Waals surface area contributed by atoms with Crippen LogP contribution in [0.2, 0.25) is 0 Å². The maximum atomic E-state index is 13.0. The molecule has 6 heteroatoms. The quantitative estimate of drug-likeness (QED) is 0.680. The predicted molar refractivity (Wildman–Crippen MR) is 76.5 cm³/mol. The van der Waals surface area contributed by atoms with E-state index >= 15 is 0 Å². The number of hydrogen-bond donors (Lipinski definition) is 1. The van der Waals surface area contributed by atoms with Crippen molar-refractivity contribution >= 4 is 11.5 Å². The van der Waals surface area contributed by atoms with Crippen LogP contribution < -0.4 is 5.73 Å². The molecule has 21 heavy (non-hydrogen) atoms. The molecule has 3 rings (SSSR count). The molecule has 0 aliphatic heterocycles. The molecule has 1 aromatic heterocycles. The standard InChI is InChI=1S/C15H14FN3O2/c16-12-4-1-9(2-5-12)10-3-6-13-11(7-10)8-14(19(20)21)15(17)18-13/h1-2,4-5,8,10H,3,6-7H2,(H2,17,18). The van der Waals surface area contributed by atoms with Gasteiger partial charge < -0.3 is 5.73 Å². The highest BCUT2D eigenvalue weighted by molar-refractivity contribution is 5.55. The van der Waals surface area contributed by atoms with E-state index in [1.54, 1.807) is 12.1 Å². The van der Waals surface area contributed by atoms with E-state index in [4.69, 9.17) is 5.73 Å². The number of anilines is 1. The summed E-state index contributed by atoms with van der Waals surface area (Å²) in [6.45, 7) is 0. The van der Waals surface area contributed by atoms with Gasteiger partial charge in [0.05, 0.1) is 4.92 Å². The molecule has 5 nitrogen and oxygen atoms in total. The molecule has 1 aliphatic rings. The molecule has 1 atom stereocenters. The van der Waals surface area contributed by atoms with E-state index < -0.39 is 4.92 Å². The van der Waals surface area contributed by atoms with Crippen molar-refractivity contribution in [3.63, 3.8) is 0 Å². The van der Waals surface area contributed by atoms with E-state index in [1.807, 2.05) is 0 Å². The fourth-order valence-electron chi connectivity index (χ4n) is 2.83. The van der Waals surface area contributed by atoms with Crippen molar-refractivity contribution in [2.24, 2.45) is 0 Å². The number of nitro groups is 1. The Morgan fingerprint density at radius 3 is 2.71 bits per heavy atom. The van der Waals surface area contributed by atoms with E-state index in [2.05, 4.69) is 4.98 Å². The van der Waals surface area contributed by atoms with Crippen LogP contribution in [-0.4, -0.2) is 9.91 Å². The van der Waals surface area contributed by atoms with Crippen LogP contribution in [0.25, 0.3) is 0 Å². The fourth-order valence-corrected chi connectivity index (χ4v) is 2.83. The molecule has 0 spiro atoms. The van der Waals surface area contributed by atoms with Crippen LogP contribution in [-0.2, 0) is 12.8 Å². The monoisotopic (exact) mass is 287 g/mol. The second-order valence-corrected chi connectivity index (χ2v) is 5.25. The number of aryl methyl sites for hydroxylation is 1. The Hall–Kier alpha value is -2.50. The van der Waals surface area contributed by atoms with Gasteiger partial charge in [0.15, 0.2) is 0 Å². The Morgan fingerprint density at radius 1 is 1.33 bits per heavy atom. The molecular formula is C15H14FN3O2. The predicted octanol–water partition coefficient (Wildman–Crippen LogP) is 2.98. The summed E-state index contributed by atoms with van der Waals surface area (Å²) in [6, 6.07) is 7.94. The summed E-state index contributed by atoms with van der Waals surface area (Å²) in [6.07, 6.45) is 2.26. The first-order valence-electron chi connectivity index (χ1n) is 6.72. The van der Waals surface area contributed by atoms with Crippen molar-refractivity contribution in [3.8, 4) is 0 Å². The Balaban J connectivity index is 1.92. The summed E-state index contributed by atoms with van der Waals surface area (Å²) in [7, 11) is 0. The number of pyridine rings is 1. The largest absolute Gasteiger partial charge is 0.378 e. The summed E-state index contributed by atoms with van der Waals surface area (Å²) in [5.41, 5.74) is 8.20.